The first-order valence-electron chi connectivity index (χ1n) is 6.61. The molecule has 98 valence electrons. The summed E-state index contributed by atoms with van der Waals surface area (Å²) in [5.41, 5.74) is 0.884. The van der Waals surface area contributed by atoms with E-state index >= 15 is 0 Å². The normalized spacial score (nSPS) is 22.3. The lowest BCUT2D eigenvalue weighted by Gasteiger charge is -2.25. The minimum Gasteiger partial charge on any atom is -0.480 e. The molecule has 0 aromatic heterocycles. The van der Waals surface area contributed by atoms with E-state index in [-0.39, 0.29) is 0 Å². The Hall–Kier alpha value is -1.35. The van der Waals surface area contributed by atoms with Crippen LogP contribution in [0, 0.1) is 11.8 Å². The molecule has 1 saturated heterocycles. The second-order valence-electron chi connectivity index (χ2n) is 5.44. The number of benzene rings is 1. The van der Waals surface area contributed by atoms with Gasteiger partial charge >= 0.3 is 5.97 Å². The Bertz CT molecular complexity index is 402. The maximum Gasteiger partial charge on any atom is 0.325 e. The molecule has 1 aliphatic rings. The van der Waals surface area contributed by atoms with Crippen LogP contribution in [0.1, 0.15) is 31.9 Å². The number of carboxylic acids is 1. The fourth-order valence-corrected chi connectivity index (χ4v) is 2.74. The van der Waals surface area contributed by atoms with Crippen LogP contribution in [0.25, 0.3) is 0 Å². The van der Waals surface area contributed by atoms with Gasteiger partial charge in [0, 0.05) is 6.54 Å². The maximum atomic E-state index is 11.5. The van der Waals surface area contributed by atoms with E-state index in [9.17, 15) is 9.90 Å². The number of carboxylic acid groups (broad SMARTS) is 1. The zero-order valence-corrected chi connectivity index (χ0v) is 11.0. The van der Waals surface area contributed by atoms with Gasteiger partial charge in [-0.1, -0.05) is 44.2 Å². The van der Waals surface area contributed by atoms with Gasteiger partial charge in [-0.15, -0.1) is 0 Å². The topological polar surface area (TPSA) is 40.5 Å². The van der Waals surface area contributed by atoms with Crippen LogP contribution in [0.4, 0.5) is 0 Å². The average molecular weight is 247 g/mol. The molecule has 3 heteroatoms. The molecule has 1 aliphatic heterocycles. The number of likely N-dealkylation sites (tertiary alicyclic amines) is 1. The molecule has 1 unspecified atom stereocenters. The van der Waals surface area contributed by atoms with E-state index in [4.69, 9.17) is 0 Å². The van der Waals surface area contributed by atoms with E-state index in [0.717, 1.165) is 25.1 Å². The van der Waals surface area contributed by atoms with E-state index in [1.807, 2.05) is 30.3 Å². The Morgan fingerprint density at radius 3 is 2.50 bits per heavy atom. The van der Waals surface area contributed by atoms with E-state index in [1.165, 1.54) is 0 Å². The van der Waals surface area contributed by atoms with Crippen molar-refractivity contribution in [2.75, 3.05) is 13.1 Å². The molecule has 0 bridgehead atoms. The van der Waals surface area contributed by atoms with Gasteiger partial charge in [0.05, 0.1) is 0 Å². The van der Waals surface area contributed by atoms with Crippen molar-refractivity contribution in [2.24, 2.45) is 11.8 Å². The summed E-state index contributed by atoms with van der Waals surface area (Å²) in [4.78, 5) is 13.6. The smallest absolute Gasteiger partial charge is 0.325 e. The van der Waals surface area contributed by atoms with E-state index in [1.54, 1.807) is 0 Å². The zero-order chi connectivity index (χ0) is 13.1. The van der Waals surface area contributed by atoms with Crippen LogP contribution in [-0.4, -0.2) is 29.1 Å². The number of nitrogens with zero attached hydrogens (tertiary/aromatic N) is 1. The van der Waals surface area contributed by atoms with Gasteiger partial charge in [-0.05, 0) is 30.4 Å². The van der Waals surface area contributed by atoms with Crippen LogP contribution >= 0.6 is 0 Å². The van der Waals surface area contributed by atoms with Gasteiger partial charge in [-0.2, -0.15) is 0 Å². The third-order valence-corrected chi connectivity index (χ3v) is 3.91. The zero-order valence-electron chi connectivity index (χ0n) is 11.0. The summed E-state index contributed by atoms with van der Waals surface area (Å²) in [5.74, 6) is 0.501. The second-order valence-corrected chi connectivity index (χ2v) is 5.44. The van der Waals surface area contributed by atoms with E-state index < -0.39 is 12.0 Å². The molecular formula is C15H21NO2. The standard InChI is InChI=1S/C15H21NO2/c1-11(2)13-8-9-16(10-13)14(15(17)18)12-6-4-3-5-7-12/h3-7,11,13-14H,8-10H2,1-2H3,(H,17,18)/t13?,14-/m1/s1. The summed E-state index contributed by atoms with van der Waals surface area (Å²) >= 11 is 0. The monoisotopic (exact) mass is 247 g/mol. The lowest BCUT2D eigenvalue weighted by atomic mass is 9.95. The molecule has 2 rings (SSSR count). The van der Waals surface area contributed by atoms with E-state index in [2.05, 4.69) is 18.7 Å². The Balaban J connectivity index is 2.16. The Morgan fingerprint density at radius 1 is 1.33 bits per heavy atom. The van der Waals surface area contributed by atoms with Crippen molar-refractivity contribution in [1.82, 2.24) is 4.90 Å². The molecule has 0 radical (unpaired) electrons. The van der Waals surface area contributed by atoms with Crippen LogP contribution in [0.2, 0.25) is 0 Å². The summed E-state index contributed by atoms with van der Waals surface area (Å²) in [7, 11) is 0. The lowest BCUT2D eigenvalue weighted by Crippen LogP contribution is -2.32. The van der Waals surface area contributed by atoms with Crippen LogP contribution in [0.15, 0.2) is 30.3 Å². The first-order chi connectivity index (χ1) is 8.59. The van der Waals surface area contributed by atoms with Crippen molar-refractivity contribution in [3.05, 3.63) is 35.9 Å². The summed E-state index contributed by atoms with van der Waals surface area (Å²) in [6.45, 7) is 6.21. The Kier molecular flexibility index (Phi) is 4.02. The summed E-state index contributed by atoms with van der Waals surface area (Å²) < 4.78 is 0. The van der Waals surface area contributed by atoms with Crippen LogP contribution in [0.5, 0.6) is 0 Å². The number of carbonyl (C=O) groups is 1. The quantitative estimate of drug-likeness (QED) is 0.889. The second kappa shape index (κ2) is 5.53. The van der Waals surface area contributed by atoms with Crippen molar-refractivity contribution < 1.29 is 9.90 Å². The SMILES string of the molecule is CC(C)C1CCN([C@@H](C(=O)O)c2ccccc2)C1. The van der Waals surface area contributed by atoms with Gasteiger partial charge in [0.1, 0.15) is 6.04 Å². The highest BCUT2D eigenvalue weighted by Crippen LogP contribution is 2.31. The molecule has 0 aliphatic carbocycles. The van der Waals surface area contributed by atoms with Crippen molar-refractivity contribution in [3.8, 4) is 0 Å². The Morgan fingerprint density at radius 2 is 2.00 bits per heavy atom. The summed E-state index contributed by atoms with van der Waals surface area (Å²) in [5, 5.41) is 9.47. The first-order valence-corrected chi connectivity index (χ1v) is 6.61. The van der Waals surface area contributed by atoms with Gasteiger partial charge in [-0.3, -0.25) is 9.69 Å². The van der Waals surface area contributed by atoms with Crippen molar-refractivity contribution in [1.29, 1.82) is 0 Å². The summed E-state index contributed by atoms with van der Waals surface area (Å²) in [6.07, 6.45) is 1.11. The van der Waals surface area contributed by atoms with Gasteiger partial charge in [0.15, 0.2) is 0 Å². The highest BCUT2D eigenvalue weighted by atomic mass is 16.4. The molecule has 1 aromatic carbocycles. The maximum absolute atomic E-state index is 11.5. The van der Waals surface area contributed by atoms with E-state index in [0.29, 0.717) is 11.8 Å². The molecule has 1 heterocycles. The Labute approximate surface area is 108 Å². The predicted molar refractivity (Wildman–Crippen MR) is 71.3 cm³/mol. The molecule has 0 spiro atoms. The highest BCUT2D eigenvalue weighted by molar-refractivity contribution is 5.75. The summed E-state index contributed by atoms with van der Waals surface area (Å²) in [6, 6.07) is 9.05. The fraction of sp³-hybridized carbons (Fsp3) is 0.533. The fourth-order valence-electron chi connectivity index (χ4n) is 2.74. The molecule has 1 aromatic rings. The van der Waals surface area contributed by atoms with Crippen molar-refractivity contribution in [2.45, 2.75) is 26.3 Å². The van der Waals surface area contributed by atoms with Crippen LogP contribution < -0.4 is 0 Å². The minimum absolute atomic E-state index is 0.491. The van der Waals surface area contributed by atoms with Gasteiger partial charge < -0.3 is 5.11 Å². The van der Waals surface area contributed by atoms with Gasteiger partial charge in [0.2, 0.25) is 0 Å². The van der Waals surface area contributed by atoms with Crippen LogP contribution in [-0.2, 0) is 4.79 Å². The number of rotatable bonds is 4. The molecule has 1 fully saturated rings. The molecule has 1 N–H and O–H groups in total. The predicted octanol–water partition coefficient (Wildman–Crippen LogP) is 2.79. The third-order valence-electron chi connectivity index (χ3n) is 3.91. The molecule has 18 heavy (non-hydrogen) atoms. The third kappa shape index (κ3) is 2.72. The molecule has 0 saturated carbocycles. The molecule has 0 amide bonds. The minimum atomic E-state index is -0.745. The van der Waals surface area contributed by atoms with Crippen molar-refractivity contribution >= 4 is 5.97 Å². The van der Waals surface area contributed by atoms with Crippen molar-refractivity contribution in [3.63, 3.8) is 0 Å². The molecule has 3 nitrogen and oxygen atoms in total. The first kappa shape index (κ1) is 13.1. The average Bonchev–Trinajstić information content (AvgIpc) is 2.79. The van der Waals surface area contributed by atoms with Gasteiger partial charge in [-0.25, -0.2) is 0 Å². The number of hydrogen-bond acceptors (Lipinski definition) is 2. The molecule has 2 atom stereocenters. The van der Waals surface area contributed by atoms with Crippen LogP contribution in [0.3, 0.4) is 0 Å². The number of hydrogen-bond donors (Lipinski definition) is 1. The van der Waals surface area contributed by atoms with Gasteiger partial charge in [0.25, 0.3) is 0 Å². The number of aliphatic carboxylic acids is 1. The largest absolute Gasteiger partial charge is 0.480 e. The molecular weight excluding hydrogens is 226 g/mol. The highest BCUT2D eigenvalue weighted by Gasteiger charge is 2.34. The lowest BCUT2D eigenvalue weighted by molar-refractivity contribution is -0.143.